The highest BCUT2D eigenvalue weighted by molar-refractivity contribution is 6.01. The minimum atomic E-state index is -0.440. The van der Waals surface area contributed by atoms with Crippen LogP contribution in [0.3, 0.4) is 0 Å². The zero-order valence-electron chi connectivity index (χ0n) is 17.2. The molecule has 0 unspecified atom stereocenters. The molecule has 0 spiro atoms. The highest BCUT2D eigenvalue weighted by Gasteiger charge is 2.21. The summed E-state index contributed by atoms with van der Waals surface area (Å²) in [5.41, 5.74) is 4.89. The van der Waals surface area contributed by atoms with Crippen LogP contribution >= 0.6 is 0 Å². The van der Waals surface area contributed by atoms with Crippen LogP contribution in [-0.4, -0.2) is 24.1 Å². The third-order valence-electron chi connectivity index (χ3n) is 5.01. The summed E-state index contributed by atoms with van der Waals surface area (Å²) in [6.07, 6.45) is 1.49. The summed E-state index contributed by atoms with van der Waals surface area (Å²) in [6, 6.07) is 20.2. The van der Waals surface area contributed by atoms with Gasteiger partial charge in [-0.1, -0.05) is 30.3 Å². The molecule has 1 aromatic heterocycles. The van der Waals surface area contributed by atoms with Crippen LogP contribution in [0.2, 0.25) is 0 Å². The van der Waals surface area contributed by atoms with Crippen molar-refractivity contribution in [2.24, 2.45) is 5.10 Å². The van der Waals surface area contributed by atoms with Gasteiger partial charge in [-0.2, -0.15) is 5.10 Å². The number of benzene rings is 2. The molecule has 1 N–H and O–H groups in total. The monoisotopic (exact) mass is 417 g/mol. The number of carbonyl (C=O) groups is 2. The maximum Gasteiger partial charge on any atom is 0.307 e. The highest BCUT2D eigenvalue weighted by Crippen LogP contribution is 2.21. The Morgan fingerprint density at radius 2 is 1.87 bits per heavy atom. The minimum Gasteiger partial charge on any atom is -0.486 e. The third-order valence-corrected chi connectivity index (χ3v) is 5.01. The number of nitrogens with zero attached hydrogens (tertiary/aromatic N) is 2. The molecule has 1 fully saturated rings. The molecule has 2 heterocycles. The van der Waals surface area contributed by atoms with Crippen molar-refractivity contribution >= 4 is 23.2 Å². The van der Waals surface area contributed by atoms with E-state index in [1.165, 1.54) is 0 Å². The number of carbonyl (C=O) groups excluding carboxylic acids is 2. The summed E-state index contributed by atoms with van der Waals surface area (Å²) < 4.78 is 11.2. The first kappa shape index (κ1) is 20.4. The second-order valence-electron chi connectivity index (χ2n) is 7.20. The Labute approximate surface area is 180 Å². The molecule has 0 aliphatic carbocycles. The molecule has 7 nitrogen and oxygen atoms in total. The lowest BCUT2D eigenvalue weighted by atomic mass is 10.1. The van der Waals surface area contributed by atoms with Crippen LogP contribution in [0.5, 0.6) is 5.75 Å². The standard InChI is InChI=1S/C24H23N3O4/c1-17(18-9-11-19(12-10-18)27-15-5-8-23(27)28)25-26-24(29)22-14-13-21(31-22)16-30-20-6-3-2-4-7-20/h2-4,6-7,9-14H,5,8,15-16H2,1H3,(H,26,29)/b25-17-. The molecule has 0 bridgehead atoms. The van der Waals surface area contributed by atoms with Crippen LogP contribution in [0.15, 0.2) is 76.2 Å². The molecule has 1 aliphatic heterocycles. The predicted molar refractivity (Wildman–Crippen MR) is 117 cm³/mol. The molecule has 158 valence electrons. The fourth-order valence-electron chi connectivity index (χ4n) is 3.31. The molecule has 1 aliphatic rings. The number of rotatable bonds is 7. The van der Waals surface area contributed by atoms with Gasteiger partial charge < -0.3 is 14.1 Å². The maximum atomic E-state index is 12.3. The molecule has 1 saturated heterocycles. The number of anilines is 1. The Morgan fingerprint density at radius 3 is 2.58 bits per heavy atom. The Bertz CT molecular complexity index is 1090. The van der Waals surface area contributed by atoms with E-state index in [9.17, 15) is 9.59 Å². The number of hydrogen-bond acceptors (Lipinski definition) is 5. The fraction of sp³-hybridized carbons (Fsp3) is 0.208. The van der Waals surface area contributed by atoms with Crippen LogP contribution < -0.4 is 15.1 Å². The van der Waals surface area contributed by atoms with E-state index in [4.69, 9.17) is 9.15 Å². The zero-order valence-corrected chi connectivity index (χ0v) is 17.2. The van der Waals surface area contributed by atoms with E-state index in [-0.39, 0.29) is 18.3 Å². The van der Waals surface area contributed by atoms with E-state index >= 15 is 0 Å². The molecule has 2 amide bonds. The van der Waals surface area contributed by atoms with Crippen molar-refractivity contribution in [2.75, 3.05) is 11.4 Å². The van der Waals surface area contributed by atoms with Crippen molar-refractivity contribution < 1.29 is 18.7 Å². The van der Waals surface area contributed by atoms with Gasteiger partial charge in [0.15, 0.2) is 5.76 Å². The van der Waals surface area contributed by atoms with Gasteiger partial charge in [0.2, 0.25) is 5.91 Å². The molecule has 0 atom stereocenters. The fourth-order valence-corrected chi connectivity index (χ4v) is 3.31. The lowest BCUT2D eigenvalue weighted by Gasteiger charge is -2.15. The molecule has 0 radical (unpaired) electrons. The van der Waals surface area contributed by atoms with Crippen LogP contribution in [0.4, 0.5) is 5.69 Å². The lowest BCUT2D eigenvalue weighted by molar-refractivity contribution is -0.117. The lowest BCUT2D eigenvalue weighted by Crippen LogP contribution is -2.23. The SMILES string of the molecule is C/C(=N/NC(=O)c1ccc(COc2ccccc2)o1)c1ccc(N2CCCC2=O)cc1. The molecule has 31 heavy (non-hydrogen) atoms. The Kier molecular flexibility index (Phi) is 6.12. The van der Waals surface area contributed by atoms with Gasteiger partial charge in [-0.15, -0.1) is 0 Å². The predicted octanol–water partition coefficient (Wildman–Crippen LogP) is 4.14. The van der Waals surface area contributed by atoms with Gasteiger partial charge in [0.25, 0.3) is 0 Å². The average molecular weight is 417 g/mol. The number of ether oxygens (including phenoxy) is 1. The first-order valence-corrected chi connectivity index (χ1v) is 10.1. The Hall–Kier alpha value is -3.87. The average Bonchev–Trinajstić information content (AvgIpc) is 3.46. The summed E-state index contributed by atoms with van der Waals surface area (Å²) in [5.74, 6) is 1.14. The van der Waals surface area contributed by atoms with Crippen LogP contribution in [0, 0.1) is 0 Å². The van der Waals surface area contributed by atoms with Crippen LogP contribution in [0.1, 0.15) is 41.6 Å². The molecule has 4 rings (SSSR count). The summed E-state index contributed by atoms with van der Waals surface area (Å²) >= 11 is 0. The maximum absolute atomic E-state index is 12.3. The molecular weight excluding hydrogens is 394 g/mol. The number of hydrogen-bond donors (Lipinski definition) is 1. The number of furan rings is 1. The Morgan fingerprint density at radius 1 is 1.10 bits per heavy atom. The van der Waals surface area contributed by atoms with Crippen molar-refractivity contribution in [2.45, 2.75) is 26.4 Å². The van der Waals surface area contributed by atoms with Crippen molar-refractivity contribution in [3.8, 4) is 5.75 Å². The van der Waals surface area contributed by atoms with Gasteiger partial charge in [0, 0.05) is 18.7 Å². The van der Waals surface area contributed by atoms with E-state index in [0.717, 1.165) is 30.0 Å². The zero-order chi connectivity index (χ0) is 21.6. The molecule has 3 aromatic rings. The third kappa shape index (κ3) is 5.01. The second kappa shape index (κ2) is 9.30. The van der Waals surface area contributed by atoms with Crippen LogP contribution in [0.25, 0.3) is 0 Å². The first-order chi connectivity index (χ1) is 15.1. The number of amides is 2. The van der Waals surface area contributed by atoms with E-state index in [0.29, 0.717) is 17.9 Å². The van der Waals surface area contributed by atoms with E-state index in [1.807, 2.05) is 54.6 Å². The minimum absolute atomic E-state index is 0.150. The highest BCUT2D eigenvalue weighted by atomic mass is 16.5. The van der Waals surface area contributed by atoms with Crippen molar-refractivity contribution in [1.29, 1.82) is 0 Å². The van der Waals surface area contributed by atoms with Gasteiger partial charge in [0.05, 0.1) is 5.71 Å². The van der Waals surface area contributed by atoms with Gasteiger partial charge in [0.1, 0.15) is 18.1 Å². The summed E-state index contributed by atoms with van der Waals surface area (Å²) in [4.78, 5) is 26.0. The Balaban J connectivity index is 1.33. The largest absolute Gasteiger partial charge is 0.486 e. The molecule has 7 heteroatoms. The molecule has 2 aromatic carbocycles. The molecular formula is C24H23N3O4. The normalized spacial score (nSPS) is 14.0. The topological polar surface area (TPSA) is 84.1 Å². The summed E-state index contributed by atoms with van der Waals surface area (Å²) in [5, 5.41) is 4.16. The first-order valence-electron chi connectivity index (χ1n) is 10.1. The van der Waals surface area contributed by atoms with Crippen molar-refractivity contribution in [3.05, 3.63) is 83.8 Å². The summed E-state index contributed by atoms with van der Waals surface area (Å²) in [7, 11) is 0. The van der Waals surface area contributed by atoms with Gasteiger partial charge in [-0.05, 0) is 55.3 Å². The van der Waals surface area contributed by atoms with Crippen molar-refractivity contribution in [1.82, 2.24) is 5.43 Å². The summed E-state index contributed by atoms with van der Waals surface area (Å²) in [6.45, 7) is 2.78. The molecule has 0 saturated carbocycles. The van der Waals surface area contributed by atoms with Gasteiger partial charge >= 0.3 is 5.91 Å². The van der Waals surface area contributed by atoms with Crippen molar-refractivity contribution in [3.63, 3.8) is 0 Å². The number of hydrazone groups is 1. The van der Waals surface area contributed by atoms with Gasteiger partial charge in [-0.3, -0.25) is 9.59 Å². The van der Waals surface area contributed by atoms with Gasteiger partial charge in [-0.25, -0.2) is 5.43 Å². The quantitative estimate of drug-likeness (QED) is 0.463. The number of nitrogens with one attached hydrogen (secondary N) is 1. The second-order valence-corrected chi connectivity index (χ2v) is 7.20. The smallest absolute Gasteiger partial charge is 0.307 e. The van der Waals surface area contributed by atoms with E-state index < -0.39 is 5.91 Å². The number of para-hydroxylation sites is 1. The van der Waals surface area contributed by atoms with E-state index in [1.54, 1.807) is 24.0 Å². The van der Waals surface area contributed by atoms with Crippen LogP contribution in [-0.2, 0) is 11.4 Å². The van der Waals surface area contributed by atoms with E-state index in [2.05, 4.69) is 10.5 Å².